The van der Waals surface area contributed by atoms with E-state index < -0.39 is 34.7 Å². The van der Waals surface area contributed by atoms with Crippen LogP contribution in [0.5, 0.6) is 0 Å². The van der Waals surface area contributed by atoms with Gasteiger partial charge >= 0.3 is 17.8 Å². The van der Waals surface area contributed by atoms with E-state index in [-0.39, 0.29) is 10.4 Å². The van der Waals surface area contributed by atoms with Crippen LogP contribution in [0.3, 0.4) is 0 Å². The molecule has 0 spiro atoms. The van der Waals surface area contributed by atoms with Crippen LogP contribution in [0.1, 0.15) is 26.4 Å². The van der Waals surface area contributed by atoms with Crippen molar-refractivity contribution in [2.24, 2.45) is 0 Å². The molecule has 0 bridgehead atoms. The van der Waals surface area contributed by atoms with Gasteiger partial charge in [-0.3, -0.25) is 0 Å². The van der Waals surface area contributed by atoms with E-state index in [1.807, 2.05) is 48.5 Å². The molecule has 1 aliphatic rings. The molecule has 1 aliphatic carbocycles. The van der Waals surface area contributed by atoms with Crippen LogP contribution in [-0.2, 0) is 0 Å². The van der Waals surface area contributed by atoms with Crippen molar-refractivity contribution in [2.75, 3.05) is 0 Å². The first-order chi connectivity index (χ1) is 17.4. The summed E-state index contributed by atoms with van der Waals surface area (Å²) in [4.78, 5) is 0.198. The van der Waals surface area contributed by atoms with E-state index >= 15 is 0 Å². The number of hydrogen-bond donors (Lipinski definition) is 0. The first-order valence-corrected chi connectivity index (χ1v) is 12.0. The maximum Gasteiger partial charge on any atom is 0.383 e. The molecule has 0 N–H and O–H groups in total. The van der Waals surface area contributed by atoms with Gasteiger partial charge in [-0.05, 0) is 63.7 Å². The maximum atomic E-state index is 14.6. The van der Waals surface area contributed by atoms with Crippen molar-refractivity contribution in [3.8, 4) is 11.8 Å². The van der Waals surface area contributed by atoms with Gasteiger partial charge in [-0.1, -0.05) is 54.5 Å². The molecule has 4 aromatic carbocycles. The zero-order chi connectivity index (χ0) is 26.5. The summed E-state index contributed by atoms with van der Waals surface area (Å²) in [5, 5.41) is 5.80. The summed E-state index contributed by atoms with van der Waals surface area (Å²) in [5.41, 5.74) is -2.16. The van der Waals surface area contributed by atoms with Gasteiger partial charge in [-0.2, -0.15) is 26.3 Å². The van der Waals surface area contributed by atoms with E-state index in [1.165, 1.54) is 13.8 Å². The monoisotopic (exact) mass is 528 g/mol. The van der Waals surface area contributed by atoms with Gasteiger partial charge in [-0.25, -0.2) is 4.39 Å². The third-order valence-corrected chi connectivity index (χ3v) is 8.20. The molecule has 6 rings (SSSR count). The lowest BCUT2D eigenvalue weighted by atomic mass is 9.92. The average Bonchev–Trinajstić information content (AvgIpc) is 3.18. The highest BCUT2D eigenvalue weighted by Gasteiger charge is 2.81. The zero-order valence-corrected chi connectivity index (χ0v) is 20.1. The third-order valence-electron chi connectivity index (χ3n) is 7.07. The Morgan fingerprint density at radius 3 is 1.92 bits per heavy atom. The molecule has 186 valence electrons. The lowest BCUT2D eigenvalue weighted by molar-refractivity contribution is -0.263. The number of alkyl halides is 6. The van der Waals surface area contributed by atoms with E-state index in [0.29, 0.717) is 10.4 Å². The lowest BCUT2D eigenvalue weighted by Gasteiger charge is -2.24. The highest BCUT2D eigenvalue weighted by Crippen LogP contribution is 2.63. The number of rotatable bonds is 1. The second kappa shape index (κ2) is 7.48. The number of hydrogen-bond acceptors (Lipinski definition) is 1. The first-order valence-electron chi connectivity index (χ1n) is 11.2. The molecule has 1 aromatic heterocycles. The fraction of sp³-hybridized carbons (Fsp3) is 0.172. The van der Waals surface area contributed by atoms with E-state index in [1.54, 1.807) is 6.07 Å². The van der Waals surface area contributed by atoms with Crippen molar-refractivity contribution in [2.45, 2.75) is 31.6 Å². The molecule has 0 atom stereocenters. The number of thiophene rings is 1. The molecule has 0 saturated carbocycles. The molecule has 8 heteroatoms. The summed E-state index contributed by atoms with van der Waals surface area (Å²) in [5.74, 6) is -14.2. The van der Waals surface area contributed by atoms with Crippen molar-refractivity contribution in [3.63, 3.8) is 0 Å². The molecule has 0 amide bonds. The van der Waals surface area contributed by atoms with Gasteiger partial charge in [0.25, 0.3) is 0 Å². The van der Waals surface area contributed by atoms with Gasteiger partial charge in [0.2, 0.25) is 0 Å². The molecular formula is C29H15F7S. The minimum Gasteiger partial charge on any atom is -0.204 e. The standard InChI is InChI=1S/C29H15F7S/c1-14-15(2)37-21(22(14)25-26(30)28(33,34)29(35,36)27(25,31)32)13-11-16-6-7-19-9-8-17-4-3-5-18-10-12-20(16)24(19)23(17)18/h3-10,12H,1-2H3. The molecule has 37 heavy (non-hydrogen) atoms. The molecule has 0 aliphatic heterocycles. The Balaban J connectivity index is 1.57. The van der Waals surface area contributed by atoms with Crippen LogP contribution >= 0.6 is 11.3 Å². The Morgan fingerprint density at radius 2 is 1.30 bits per heavy atom. The molecule has 0 nitrogen and oxygen atoms in total. The molecule has 1 heterocycles. The van der Waals surface area contributed by atoms with Crippen molar-refractivity contribution >= 4 is 49.2 Å². The van der Waals surface area contributed by atoms with Crippen molar-refractivity contribution in [1.29, 1.82) is 0 Å². The maximum absolute atomic E-state index is 14.6. The average molecular weight is 528 g/mol. The lowest BCUT2D eigenvalue weighted by Crippen LogP contribution is -2.48. The van der Waals surface area contributed by atoms with Crippen LogP contribution < -0.4 is 0 Å². The molecule has 0 unspecified atom stereocenters. The van der Waals surface area contributed by atoms with Crippen LogP contribution in [0.2, 0.25) is 0 Å². The Morgan fingerprint density at radius 1 is 0.703 bits per heavy atom. The van der Waals surface area contributed by atoms with E-state index in [4.69, 9.17) is 0 Å². The Labute approximate surface area is 210 Å². The van der Waals surface area contributed by atoms with Crippen molar-refractivity contribution < 1.29 is 30.7 Å². The van der Waals surface area contributed by atoms with Crippen LogP contribution in [0.15, 0.2) is 60.4 Å². The van der Waals surface area contributed by atoms with Crippen LogP contribution in [0.4, 0.5) is 30.7 Å². The molecule has 0 fully saturated rings. The summed E-state index contributed by atoms with van der Waals surface area (Å²) in [6.45, 7) is 2.81. The first kappa shape index (κ1) is 23.8. The molecule has 0 radical (unpaired) electrons. The third kappa shape index (κ3) is 2.98. The fourth-order valence-corrected chi connectivity index (χ4v) is 6.06. The highest BCUT2D eigenvalue weighted by molar-refractivity contribution is 7.13. The summed E-state index contributed by atoms with van der Waals surface area (Å²) in [6, 6.07) is 17.3. The quantitative estimate of drug-likeness (QED) is 0.116. The second-order valence-corrected chi connectivity index (χ2v) is 10.3. The minimum atomic E-state index is -5.90. The zero-order valence-electron chi connectivity index (χ0n) is 19.3. The minimum absolute atomic E-state index is 0.00279. The van der Waals surface area contributed by atoms with Crippen LogP contribution in [-0.4, -0.2) is 17.8 Å². The Hall–Kier alpha value is -3.57. The Kier molecular flexibility index (Phi) is 4.81. The normalized spacial score (nSPS) is 18.2. The number of allylic oxidation sites excluding steroid dienone is 2. The summed E-state index contributed by atoms with van der Waals surface area (Å²) >= 11 is 0.866. The molecular weight excluding hydrogens is 513 g/mol. The smallest absolute Gasteiger partial charge is 0.204 e. The second-order valence-electron chi connectivity index (χ2n) is 9.12. The Bertz CT molecular complexity index is 1830. The highest BCUT2D eigenvalue weighted by atomic mass is 32.1. The number of aryl methyl sites for hydroxylation is 1. The summed E-state index contributed by atoms with van der Waals surface area (Å²) in [7, 11) is 0. The van der Waals surface area contributed by atoms with Gasteiger partial charge in [-0.15, -0.1) is 11.3 Å². The van der Waals surface area contributed by atoms with Gasteiger partial charge in [0, 0.05) is 16.0 Å². The molecule has 0 saturated heterocycles. The summed E-state index contributed by atoms with van der Waals surface area (Å²) in [6.07, 6.45) is 0. The van der Waals surface area contributed by atoms with Crippen LogP contribution in [0, 0.1) is 25.7 Å². The largest absolute Gasteiger partial charge is 0.383 e. The van der Waals surface area contributed by atoms with Crippen molar-refractivity contribution in [3.05, 3.63) is 86.9 Å². The van der Waals surface area contributed by atoms with Gasteiger partial charge in [0.05, 0.1) is 10.5 Å². The molecule has 5 aromatic rings. The fourth-order valence-electron chi connectivity index (χ4n) is 5.04. The SMILES string of the molecule is Cc1sc(C#Cc2ccc3ccc4cccc5ccc2c3c45)c(C2=C(F)C(F)(F)C(F)(F)C2(F)F)c1C. The number of halogens is 7. The van der Waals surface area contributed by atoms with E-state index in [9.17, 15) is 30.7 Å². The van der Waals surface area contributed by atoms with Crippen LogP contribution in [0.25, 0.3) is 37.9 Å². The van der Waals surface area contributed by atoms with Gasteiger partial charge < -0.3 is 0 Å². The predicted molar refractivity (Wildman–Crippen MR) is 133 cm³/mol. The van der Waals surface area contributed by atoms with E-state index in [2.05, 4.69) is 11.8 Å². The van der Waals surface area contributed by atoms with E-state index in [0.717, 1.165) is 43.7 Å². The number of benzene rings is 4. The summed E-state index contributed by atoms with van der Waals surface area (Å²) < 4.78 is 99.6. The van der Waals surface area contributed by atoms with Crippen molar-refractivity contribution in [1.82, 2.24) is 0 Å². The topological polar surface area (TPSA) is 0 Å². The van der Waals surface area contributed by atoms with Gasteiger partial charge in [0.15, 0.2) is 5.83 Å². The van der Waals surface area contributed by atoms with Gasteiger partial charge in [0.1, 0.15) is 0 Å². The predicted octanol–water partition coefficient (Wildman–Crippen LogP) is 9.26.